The SMILES string of the molecule is Cc1nn2cc(C3CC3)cnc2c1C(=O)N[C@@]1(c2ccc(C(F)(F)F)nc2)CCOCC1O. The fourth-order valence-corrected chi connectivity index (χ4v) is 4.33. The molecule has 2 N–H and O–H groups in total. The molecule has 1 aliphatic carbocycles. The van der Waals surface area contributed by atoms with Gasteiger partial charge in [-0.1, -0.05) is 6.07 Å². The van der Waals surface area contributed by atoms with Gasteiger partial charge in [-0.15, -0.1) is 0 Å². The number of aryl methyl sites for hydroxylation is 1. The van der Waals surface area contributed by atoms with Crippen LogP contribution in [0.5, 0.6) is 0 Å². The Balaban J connectivity index is 1.51. The summed E-state index contributed by atoms with van der Waals surface area (Å²) in [6, 6.07) is 2.07. The molecule has 8 nitrogen and oxygen atoms in total. The van der Waals surface area contributed by atoms with Gasteiger partial charge in [-0.2, -0.15) is 18.3 Å². The van der Waals surface area contributed by atoms with E-state index in [2.05, 4.69) is 20.4 Å². The van der Waals surface area contributed by atoms with Gasteiger partial charge in [0.05, 0.1) is 17.8 Å². The summed E-state index contributed by atoms with van der Waals surface area (Å²) in [4.78, 5) is 21.4. The van der Waals surface area contributed by atoms with Crippen LogP contribution in [0.4, 0.5) is 13.2 Å². The number of alkyl halides is 3. The number of ether oxygens (including phenoxy) is 1. The van der Waals surface area contributed by atoms with E-state index >= 15 is 0 Å². The van der Waals surface area contributed by atoms with Gasteiger partial charge in [0.15, 0.2) is 5.65 Å². The summed E-state index contributed by atoms with van der Waals surface area (Å²) in [6.07, 6.45) is 1.22. The van der Waals surface area contributed by atoms with Gasteiger partial charge in [0.1, 0.15) is 17.4 Å². The van der Waals surface area contributed by atoms with E-state index in [9.17, 15) is 23.1 Å². The predicted molar refractivity (Wildman–Crippen MR) is 110 cm³/mol. The Morgan fingerprint density at radius 2 is 2.06 bits per heavy atom. The molecule has 0 aromatic carbocycles. The van der Waals surface area contributed by atoms with Crippen molar-refractivity contribution in [1.82, 2.24) is 24.9 Å². The summed E-state index contributed by atoms with van der Waals surface area (Å²) in [5, 5.41) is 18.1. The maximum atomic E-state index is 13.4. The zero-order valence-electron chi connectivity index (χ0n) is 17.8. The Morgan fingerprint density at radius 1 is 1.27 bits per heavy atom. The van der Waals surface area contributed by atoms with E-state index in [0.717, 1.165) is 30.7 Å². The quantitative estimate of drug-likeness (QED) is 0.620. The first kappa shape index (κ1) is 21.8. The Labute approximate surface area is 186 Å². The van der Waals surface area contributed by atoms with Crippen molar-refractivity contribution < 1.29 is 27.8 Å². The molecule has 1 saturated carbocycles. The maximum Gasteiger partial charge on any atom is 0.433 e. The number of aliphatic hydroxyl groups excluding tert-OH is 1. The van der Waals surface area contributed by atoms with Crippen molar-refractivity contribution in [3.8, 4) is 0 Å². The summed E-state index contributed by atoms with van der Waals surface area (Å²) >= 11 is 0. The number of amides is 1. The van der Waals surface area contributed by atoms with Gasteiger partial charge in [0.25, 0.3) is 5.91 Å². The van der Waals surface area contributed by atoms with Crippen LogP contribution in [0.25, 0.3) is 5.65 Å². The molecule has 0 spiro atoms. The first-order chi connectivity index (χ1) is 15.7. The van der Waals surface area contributed by atoms with Crippen molar-refractivity contribution in [3.63, 3.8) is 0 Å². The van der Waals surface area contributed by atoms with E-state index in [-0.39, 0.29) is 30.8 Å². The molecule has 11 heteroatoms. The number of hydrogen-bond acceptors (Lipinski definition) is 6. The minimum atomic E-state index is -4.59. The number of pyridine rings is 1. The molecule has 2 atom stereocenters. The Kier molecular flexibility index (Phi) is 5.13. The van der Waals surface area contributed by atoms with E-state index < -0.39 is 29.4 Å². The van der Waals surface area contributed by atoms with Crippen LogP contribution in [0, 0.1) is 6.92 Å². The lowest BCUT2D eigenvalue weighted by Crippen LogP contribution is -2.58. The van der Waals surface area contributed by atoms with Crippen molar-refractivity contribution >= 4 is 11.6 Å². The van der Waals surface area contributed by atoms with E-state index in [1.807, 2.05) is 6.20 Å². The molecule has 5 rings (SSSR count). The first-order valence-electron chi connectivity index (χ1n) is 10.7. The molecule has 1 saturated heterocycles. The lowest BCUT2D eigenvalue weighted by molar-refractivity contribution is -0.141. The Bertz CT molecular complexity index is 1210. The molecule has 2 fully saturated rings. The highest BCUT2D eigenvalue weighted by Crippen LogP contribution is 2.40. The van der Waals surface area contributed by atoms with Gasteiger partial charge in [-0.05, 0) is 42.9 Å². The van der Waals surface area contributed by atoms with Crippen LogP contribution in [0.15, 0.2) is 30.7 Å². The number of nitrogens with one attached hydrogen (secondary N) is 1. The molecule has 4 heterocycles. The van der Waals surface area contributed by atoms with Gasteiger partial charge < -0.3 is 15.2 Å². The number of hydrogen-bond donors (Lipinski definition) is 2. The summed E-state index contributed by atoms with van der Waals surface area (Å²) in [7, 11) is 0. The van der Waals surface area contributed by atoms with E-state index in [1.165, 1.54) is 6.07 Å². The van der Waals surface area contributed by atoms with Crippen LogP contribution < -0.4 is 5.32 Å². The number of carbonyl (C=O) groups is 1. The van der Waals surface area contributed by atoms with Crippen LogP contribution in [0.3, 0.4) is 0 Å². The van der Waals surface area contributed by atoms with Gasteiger partial charge in [-0.3, -0.25) is 9.78 Å². The largest absolute Gasteiger partial charge is 0.433 e. The predicted octanol–water partition coefficient (Wildman–Crippen LogP) is 2.74. The van der Waals surface area contributed by atoms with Crippen molar-refractivity contribution in [2.24, 2.45) is 0 Å². The fraction of sp³-hybridized carbons (Fsp3) is 0.455. The Hall–Kier alpha value is -3.05. The van der Waals surface area contributed by atoms with Gasteiger partial charge >= 0.3 is 6.18 Å². The topological polar surface area (TPSA) is 102 Å². The zero-order chi connectivity index (χ0) is 23.4. The first-order valence-corrected chi connectivity index (χ1v) is 10.7. The fourth-order valence-electron chi connectivity index (χ4n) is 4.33. The minimum absolute atomic E-state index is 0.0853. The number of aliphatic hydroxyl groups is 1. The van der Waals surface area contributed by atoms with Crippen molar-refractivity contribution in [2.45, 2.75) is 49.9 Å². The molecule has 3 aromatic rings. The lowest BCUT2D eigenvalue weighted by Gasteiger charge is -2.42. The number of halogens is 3. The zero-order valence-corrected chi connectivity index (χ0v) is 17.8. The molecular weight excluding hydrogens is 439 g/mol. The molecule has 3 aromatic heterocycles. The van der Waals surface area contributed by atoms with Crippen LogP contribution in [0.1, 0.15) is 58.1 Å². The van der Waals surface area contributed by atoms with E-state index in [0.29, 0.717) is 17.3 Å². The lowest BCUT2D eigenvalue weighted by atomic mass is 9.80. The number of rotatable bonds is 4. The summed E-state index contributed by atoms with van der Waals surface area (Å²) in [5.74, 6) is -0.0634. The van der Waals surface area contributed by atoms with Gasteiger partial charge in [0.2, 0.25) is 0 Å². The van der Waals surface area contributed by atoms with E-state index in [1.54, 1.807) is 17.6 Å². The van der Waals surface area contributed by atoms with Crippen LogP contribution in [-0.4, -0.2) is 49.9 Å². The number of nitrogens with zero attached hydrogens (tertiary/aromatic N) is 4. The summed E-state index contributed by atoms with van der Waals surface area (Å²) in [6.45, 7) is 1.81. The number of carbonyl (C=O) groups excluding carboxylic acids is 1. The van der Waals surface area contributed by atoms with Gasteiger partial charge in [-0.25, -0.2) is 9.50 Å². The molecule has 33 heavy (non-hydrogen) atoms. The summed E-state index contributed by atoms with van der Waals surface area (Å²) in [5.41, 5.74) is -0.0337. The third-order valence-corrected chi connectivity index (χ3v) is 6.33. The maximum absolute atomic E-state index is 13.4. The smallest absolute Gasteiger partial charge is 0.388 e. The second-order valence-corrected chi connectivity index (χ2v) is 8.59. The Morgan fingerprint density at radius 3 is 2.70 bits per heavy atom. The molecule has 0 radical (unpaired) electrons. The molecule has 1 aliphatic heterocycles. The van der Waals surface area contributed by atoms with Crippen molar-refractivity contribution in [3.05, 3.63) is 58.8 Å². The molecule has 1 amide bonds. The highest BCUT2D eigenvalue weighted by molar-refractivity contribution is 6.01. The number of aromatic nitrogens is 4. The van der Waals surface area contributed by atoms with E-state index in [4.69, 9.17) is 4.74 Å². The van der Waals surface area contributed by atoms with Crippen LogP contribution in [-0.2, 0) is 16.5 Å². The minimum Gasteiger partial charge on any atom is -0.388 e. The second kappa shape index (κ2) is 7.77. The standard InChI is InChI=1S/C22H22F3N5O3/c1-12-18(19-27-8-14(13-2-3-13)10-30(19)29-12)20(32)28-21(6-7-33-11-17(21)31)15-4-5-16(26-9-15)22(23,24)25/h4-5,8-10,13,17,31H,2-3,6-7,11H2,1H3,(H,28,32)/t17?,21-/m1/s1. The normalized spacial score (nSPS) is 23.6. The molecule has 0 bridgehead atoms. The summed E-state index contributed by atoms with van der Waals surface area (Å²) < 4.78 is 45.8. The average Bonchev–Trinajstić information content (AvgIpc) is 3.56. The molecule has 2 aliphatic rings. The van der Waals surface area contributed by atoms with Crippen LogP contribution >= 0.6 is 0 Å². The van der Waals surface area contributed by atoms with Gasteiger partial charge in [0, 0.05) is 31.6 Å². The number of fused-ring (bicyclic) bond motifs is 1. The van der Waals surface area contributed by atoms with Crippen molar-refractivity contribution in [2.75, 3.05) is 13.2 Å². The monoisotopic (exact) mass is 461 g/mol. The molecular formula is C22H22F3N5O3. The molecule has 1 unspecified atom stereocenters. The second-order valence-electron chi connectivity index (χ2n) is 8.59. The third-order valence-electron chi connectivity index (χ3n) is 6.33. The average molecular weight is 461 g/mol. The van der Waals surface area contributed by atoms with Crippen molar-refractivity contribution in [1.29, 1.82) is 0 Å². The van der Waals surface area contributed by atoms with Crippen LogP contribution in [0.2, 0.25) is 0 Å². The molecule has 174 valence electrons. The third kappa shape index (κ3) is 3.84. The highest BCUT2D eigenvalue weighted by atomic mass is 19.4. The highest BCUT2D eigenvalue weighted by Gasteiger charge is 2.45.